The number of imidazole rings is 1. The zero-order valence-electron chi connectivity index (χ0n) is 45.3. The van der Waals surface area contributed by atoms with E-state index < -0.39 is 0 Å². The SMILES string of the molecule is CCCCCCCCCCCCCCCCCCC(CCCCCCCCCCCCCCCCCC)CCCCC(CCC(C)CCCC(C)C)OCCCCCn1cc[n+](C)c1. The zero-order valence-corrected chi connectivity index (χ0v) is 45.3. The summed E-state index contributed by atoms with van der Waals surface area (Å²) in [6.45, 7) is 14.0. The minimum absolute atomic E-state index is 0.468. The number of aromatic nitrogens is 2. The Hall–Kier alpha value is -0.830. The van der Waals surface area contributed by atoms with E-state index in [1.807, 2.05) is 0 Å². The second-order valence-electron chi connectivity index (χ2n) is 22.2. The molecule has 3 nitrogen and oxygen atoms in total. The first-order valence-electron chi connectivity index (χ1n) is 30.1. The van der Waals surface area contributed by atoms with E-state index in [1.54, 1.807) is 0 Å². The van der Waals surface area contributed by atoms with Crippen LogP contribution in [0.2, 0.25) is 0 Å². The van der Waals surface area contributed by atoms with E-state index in [9.17, 15) is 0 Å². The molecule has 0 spiro atoms. The van der Waals surface area contributed by atoms with Crippen LogP contribution in [-0.2, 0) is 18.3 Å². The van der Waals surface area contributed by atoms with Crippen molar-refractivity contribution in [1.29, 1.82) is 0 Å². The van der Waals surface area contributed by atoms with Crippen molar-refractivity contribution in [2.24, 2.45) is 24.8 Å². The largest absolute Gasteiger partial charge is 0.378 e. The van der Waals surface area contributed by atoms with Crippen molar-refractivity contribution in [3.05, 3.63) is 18.7 Å². The highest BCUT2D eigenvalue weighted by Crippen LogP contribution is 2.27. The van der Waals surface area contributed by atoms with Gasteiger partial charge in [-0.3, -0.25) is 0 Å². The third kappa shape index (κ3) is 43.7. The summed E-state index contributed by atoms with van der Waals surface area (Å²) in [5, 5.41) is 0. The molecule has 1 aromatic rings. The maximum atomic E-state index is 6.71. The van der Waals surface area contributed by atoms with Gasteiger partial charge in [-0.2, -0.15) is 0 Å². The van der Waals surface area contributed by atoms with E-state index in [0.29, 0.717) is 6.10 Å². The van der Waals surface area contributed by atoms with Gasteiger partial charge in [0, 0.05) is 6.61 Å². The first-order valence-corrected chi connectivity index (χ1v) is 30.1. The van der Waals surface area contributed by atoms with Crippen molar-refractivity contribution >= 4 is 0 Å². The summed E-state index contributed by atoms with van der Waals surface area (Å²) in [4.78, 5) is 0. The van der Waals surface area contributed by atoms with Crippen molar-refractivity contribution < 1.29 is 9.30 Å². The Kier molecular flexibility index (Phi) is 46.5. The van der Waals surface area contributed by atoms with Crippen LogP contribution in [0.3, 0.4) is 0 Å². The molecule has 0 aliphatic rings. The van der Waals surface area contributed by atoms with Gasteiger partial charge in [0.05, 0.1) is 19.7 Å². The van der Waals surface area contributed by atoms with Crippen LogP contribution in [0.1, 0.15) is 330 Å². The summed E-state index contributed by atoms with van der Waals surface area (Å²) in [6.07, 6.45) is 73.0. The fourth-order valence-corrected chi connectivity index (χ4v) is 10.5. The number of unbranched alkanes of at least 4 members (excludes halogenated alkanes) is 33. The van der Waals surface area contributed by atoms with Crippen LogP contribution in [0, 0.1) is 17.8 Å². The second kappa shape index (κ2) is 48.6. The second-order valence-corrected chi connectivity index (χ2v) is 22.2. The number of ether oxygens (including phenoxy) is 1. The smallest absolute Gasteiger partial charge is 0.243 e. The van der Waals surface area contributed by atoms with E-state index in [1.165, 1.54) is 295 Å². The Morgan fingerprint density at radius 3 is 1.19 bits per heavy atom. The van der Waals surface area contributed by atoms with E-state index in [4.69, 9.17) is 4.74 Å². The third-order valence-corrected chi connectivity index (χ3v) is 15.0. The van der Waals surface area contributed by atoms with E-state index in [-0.39, 0.29) is 0 Å². The summed E-state index contributed by atoms with van der Waals surface area (Å²) in [6, 6.07) is 0. The Bertz CT molecular complexity index is 982. The van der Waals surface area contributed by atoms with Gasteiger partial charge < -0.3 is 4.74 Å². The van der Waals surface area contributed by atoms with Crippen molar-refractivity contribution in [2.75, 3.05) is 6.61 Å². The van der Waals surface area contributed by atoms with Gasteiger partial charge in [-0.25, -0.2) is 9.13 Å². The number of rotatable bonds is 53. The summed E-state index contributed by atoms with van der Waals surface area (Å²) in [5.41, 5.74) is 0. The Morgan fingerprint density at radius 2 is 0.781 bits per heavy atom. The van der Waals surface area contributed by atoms with Crippen LogP contribution in [-0.4, -0.2) is 17.3 Å². The van der Waals surface area contributed by atoms with Gasteiger partial charge in [-0.15, -0.1) is 0 Å². The molecular weight excluding hydrogens is 777 g/mol. The lowest BCUT2D eigenvalue weighted by Crippen LogP contribution is -2.23. The quantitative estimate of drug-likeness (QED) is 0.0471. The maximum absolute atomic E-state index is 6.71. The minimum Gasteiger partial charge on any atom is -0.378 e. The molecule has 0 aliphatic carbocycles. The Balaban J connectivity index is 2.42. The van der Waals surface area contributed by atoms with Gasteiger partial charge >= 0.3 is 0 Å². The normalized spacial score (nSPS) is 12.9. The Labute approximate surface area is 405 Å². The molecule has 0 saturated heterocycles. The van der Waals surface area contributed by atoms with Crippen molar-refractivity contribution in [3.63, 3.8) is 0 Å². The van der Waals surface area contributed by atoms with Crippen LogP contribution in [0.5, 0.6) is 0 Å². The highest BCUT2D eigenvalue weighted by Gasteiger charge is 2.14. The molecule has 0 radical (unpaired) electrons. The lowest BCUT2D eigenvalue weighted by atomic mass is 9.89. The van der Waals surface area contributed by atoms with Crippen LogP contribution < -0.4 is 4.57 Å². The maximum Gasteiger partial charge on any atom is 0.243 e. The molecule has 0 N–H and O–H groups in total. The molecule has 3 heteroatoms. The van der Waals surface area contributed by atoms with E-state index >= 15 is 0 Å². The highest BCUT2D eigenvalue weighted by atomic mass is 16.5. The molecule has 0 saturated carbocycles. The standard InChI is InChI=1S/C61H121N2O/c1-7-9-11-13-15-17-19-21-23-25-27-29-31-33-35-38-47-60(48-39-36-34-32-30-28-26-24-22-20-18-16-14-12-10-8-2)49-40-41-50-61(52-51-59(5)46-44-45-58(3)4)64-56-43-37-42-53-63-55-54-62(6)57-63/h54-55,57-61H,7-53,56H2,1-6H3/q+1. The molecule has 1 aromatic heterocycles. The molecule has 1 rings (SSSR count). The van der Waals surface area contributed by atoms with Gasteiger partial charge in [0.25, 0.3) is 0 Å². The molecule has 0 bridgehead atoms. The summed E-state index contributed by atoms with van der Waals surface area (Å²) in [5.74, 6) is 2.62. The lowest BCUT2D eigenvalue weighted by molar-refractivity contribution is -0.671. The molecule has 2 unspecified atom stereocenters. The first kappa shape index (κ1) is 61.2. The molecule has 0 fully saturated rings. The number of hydrogen-bond acceptors (Lipinski definition) is 1. The topological polar surface area (TPSA) is 18.0 Å². The van der Waals surface area contributed by atoms with Gasteiger partial charge in [-0.05, 0) is 56.3 Å². The first-order chi connectivity index (χ1) is 31.4. The zero-order chi connectivity index (χ0) is 46.2. The fraction of sp³-hybridized carbons (Fsp3) is 0.951. The van der Waals surface area contributed by atoms with Crippen molar-refractivity contribution in [2.45, 2.75) is 343 Å². The molecule has 0 aliphatic heterocycles. The summed E-state index contributed by atoms with van der Waals surface area (Å²) in [7, 11) is 2.11. The van der Waals surface area contributed by atoms with Gasteiger partial charge in [0.1, 0.15) is 12.4 Å². The lowest BCUT2D eigenvalue weighted by Gasteiger charge is -2.21. The molecule has 0 amide bonds. The third-order valence-electron chi connectivity index (χ3n) is 15.0. The monoisotopic (exact) mass is 898 g/mol. The van der Waals surface area contributed by atoms with Crippen molar-refractivity contribution in [1.82, 2.24) is 4.57 Å². The predicted molar refractivity (Wildman–Crippen MR) is 287 cm³/mol. The fourth-order valence-electron chi connectivity index (χ4n) is 10.5. The molecule has 64 heavy (non-hydrogen) atoms. The molecule has 0 aromatic carbocycles. The Morgan fingerprint density at radius 1 is 0.391 bits per heavy atom. The minimum atomic E-state index is 0.468. The van der Waals surface area contributed by atoms with Crippen LogP contribution in [0.4, 0.5) is 0 Å². The van der Waals surface area contributed by atoms with Gasteiger partial charge in [-0.1, -0.05) is 291 Å². The van der Waals surface area contributed by atoms with E-state index in [2.05, 4.69) is 69.5 Å². The molecular formula is C61H121N2O+. The highest BCUT2D eigenvalue weighted by molar-refractivity contribution is 4.68. The molecule has 2 atom stereocenters. The summed E-state index contributed by atoms with van der Waals surface area (Å²) < 4.78 is 11.2. The number of hydrogen-bond donors (Lipinski definition) is 0. The van der Waals surface area contributed by atoms with Crippen LogP contribution in [0.15, 0.2) is 18.7 Å². The summed E-state index contributed by atoms with van der Waals surface area (Å²) >= 11 is 0. The molecule has 380 valence electrons. The van der Waals surface area contributed by atoms with Gasteiger partial charge in [0.15, 0.2) is 0 Å². The van der Waals surface area contributed by atoms with Crippen LogP contribution >= 0.6 is 0 Å². The number of aryl methyl sites for hydroxylation is 2. The molecule has 1 heterocycles. The predicted octanol–water partition coefficient (Wildman–Crippen LogP) is 20.6. The average molecular weight is 899 g/mol. The van der Waals surface area contributed by atoms with Crippen LogP contribution in [0.25, 0.3) is 0 Å². The van der Waals surface area contributed by atoms with Gasteiger partial charge in [0.2, 0.25) is 6.33 Å². The van der Waals surface area contributed by atoms with Crippen molar-refractivity contribution in [3.8, 4) is 0 Å². The van der Waals surface area contributed by atoms with E-state index in [0.717, 1.165) is 30.9 Å². The average Bonchev–Trinajstić information content (AvgIpc) is 3.71. The number of nitrogens with zero attached hydrogens (tertiary/aromatic N) is 2.